The number of thioether (sulfide) groups is 2. The molecule has 0 atom stereocenters. The lowest BCUT2D eigenvalue weighted by Gasteiger charge is -2.23. The van der Waals surface area contributed by atoms with Gasteiger partial charge in [-0.25, -0.2) is 0 Å². The molecule has 0 unspecified atom stereocenters. The van der Waals surface area contributed by atoms with E-state index in [0.29, 0.717) is 11.5 Å². The highest BCUT2D eigenvalue weighted by molar-refractivity contribution is 8.03. The lowest BCUT2D eigenvalue weighted by atomic mass is 9.82. The number of benzene rings is 6. The molecule has 0 fully saturated rings. The topological polar surface area (TPSA) is 40.5 Å². The highest BCUT2D eigenvalue weighted by atomic mass is 32.2. The first kappa shape index (κ1) is 35.4. The molecule has 0 heterocycles. The Morgan fingerprint density at radius 3 is 1.08 bits per heavy atom. The van der Waals surface area contributed by atoms with Crippen LogP contribution in [0.4, 0.5) is 0 Å². The van der Waals surface area contributed by atoms with Crippen molar-refractivity contribution in [3.8, 4) is 56.0 Å². The first-order valence-electron chi connectivity index (χ1n) is 17.2. The third-order valence-electron chi connectivity index (χ3n) is 9.07. The van der Waals surface area contributed by atoms with E-state index < -0.39 is 0 Å². The average Bonchev–Trinajstić information content (AvgIpc) is 3.10. The summed E-state index contributed by atoms with van der Waals surface area (Å²) < 4.78 is 0. The fourth-order valence-electron chi connectivity index (χ4n) is 6.15. The van der Waals surface area contributed by atoms with Crippen LogP contribution in [0.15, 0.2) is 143 Å². The van der Waals surface area contributed by atoms with E-state index in [4.69, 9.17) is 0 Å². The molecule has 0 aliphatic heterocycles. The van der Waals surface area contributed by atoms with Crippen molar-refractivity contribution in [3.05, 3.63) is 145 Å². The monoisotopic (exact) mass is 694 g/mol. The van der Waals surface area contributed by atoms with Gasteiger partial charge in [-0.1, -0.05) is 139 Å². The van der Waals surface area contributed by atoms with Gasteiger partial charge in [-0.15, -0.1) is 23.5 Å². The van der Waals surface area contributed by atoms with E-state index in [1.54, 1.807) is 0 Å². The molecule has 0 saturated heterocycles. The molecule has 2 nitrogen and oxygen atoms in total. The second-order valence-corrected chi connectivity index (χ2v) is 17.0. The van der Waals surface area contributed by atoms with Crippen molar-refractivity contribution in [2.75, 3.05) is 11.5 Å². The maximum Gasteiger partial charge on any atom is 0.131 e. The maximum absolute atomic E-state index is 11.7. The predicted molar refractivity (Wildman–Crippen MR) is 217 cm³/mol. The zero-order chi connectivity index (χ0) is 35.5. The highest BCUT2D eigenvalue weighted by Gasteiger charge is 2.23. The molecule has 0 aliphatic carbocycles. The molecule has 50 heavy (non-hydrogen) atoms. The minimum atomic E-state index is -0.0825. The quantitative estimate of drug-likeness (QED) is 0.117. The van der Waals surface area contributed by atoms with Crippen LogP contribution in [0.25, 0.3) is 44.5 Å². The summed E-state index contributed by atoms with van der Waals surface area (Å²) in [7, 11) is 0. The number of phenolic OH excluding ortho intramolecular Hbond substituents is 2. The normalized spacial score (nSPS) is 11.9. The fraction of sp³-hybridized carbons (Fsp3) is 0.217. The summed E-state index contributed by atoms with van der Waals surface area (Å²) in [6, 6.07) is 45.7. The van der Waals surface area contributed by atoms with Crippen LogP contribution in [0.1, 0.15) is 52.7 Å². The van der Waals surface area contributed by atoms with Crippen molar-refractivity contribution in [2.45, 2.75) is 62.2 Å². The molecule has 6 aromatic carbocycles. The highest BCUT2D eigenvalue weighted by Crippen LogP contribution is 2.46. The van der Waals surface area contributed by atoms with E-state index in [1.807, 2.05) is 59.9 Å². The van der Waals surface area contributed by atoms with Crippen molar-refractivity contribution in [1.82, 2.24) is 0 Å². The summed E-state index contributed by atoms with van der Waals surface area (Å²) in [6.07, 6.45) is 0. The minimum Gasteiger partial charge on any atom is -0.507 e. The van der Waals surface area contributed by atoms with Crippen LogP contribution in [0, 0.1) is 0 Å². The summed E-state index contributed by atoms with van der Waals surface area (Å²) >= 11 is 3.63. The molecular weight excluding hydrogens is 649 g/mol. The Morgan fingerprint density at radius 1 is 0.400 bits per heavy atom. The standard InChI is InChI=1S/C46H46O2S2/c1-45(2,3)33-27-37(31-17-9-7-10-18-31)43(47)39(29-33)35-21-13-15-23-41(35)49-25-26-50-42-24-16-14-22-36(42)40-30-34(46(4,5)6)28-38(44(40)48)32-19-11-8-12-20-32/h7-24,27-30,47-48H,25-26H2,1-6H3. The fourth-order valence-corrected chi connectivity index (χ4v) is 8.28. The number of hydrogen-bond acceptors (Lipinski definition) is 4. The molecule has 6 rings (SSSR count). The van der Waals surface area contributed by atoms with Crippen LogP contribution in [0.2, 0.25) is 0 Å². The van der Waals surface area contributed by atoms with Gasteiger partial charge in [0.1, 0.15) is 11.5 Å². The van der Waals surface area contributed by atoms with Gasteiger partial charge in [0.25, 0.3) is 0 Å². The van der Waals surface area contributed by atoms with Gasteiger partial charge in [-0.3, -0.25) is 0 Å². The number of rotatable bonds is 9. The van der Waals surface area contributed by atoms with Crippen molar-refractivity contribution in [3.63, 3.8) is 0 Å². The van der Waals surface area contributed by atoms with Crippen LogP contribution in [0.5, 0.6) is 11.5 Å². The number of aromatic hydroxyl groups is 2. The summed E-state index contributed by atoms with van der Waals surface area (Å²) in [5, 5.41) is 23.4. The van der Waals surface area contributed by atoms with Crippen LogP contribution in [-0.4, -0.2) is 21.7 Å². The predicted octanol–water partition coefficient (Wildman–Crippen LogP) is 13.2. The lowest BCUT2D eigenvalue weighted by molar-refractivity contribution is 0.477. The van der Waals surface area contributed by atoms with Crippen molar-refractivity contribution in [2.24, 2.45) is 0 Å². The molecular formula is C46H46O2S2. The molecule has 4 heteroatoms. The first-order valence-corrected chi connectivity index (χ1v) is 19.2. The van der Waals surface area contributed by atoms with Gasteiger partial charge in [0.2, 0.25) is 0 Å². The molecule has 0 saturated carbocycles. The van der Waals surface area contributed by atoms with Crippen LogP contribution in [-0.2, 0) is 10.8 Å². The van der Waals surface area contributed by atoms with Gasteiger partial charge in [0.15, 0.2) is 0 Å². The summed E-state index contributed by atoms with van der Waals surface area (Å²) in [4.78, 5) is 2.29. The third kappa shape index (κ3) is 7.83. The third-order valence-corrected chi connectivity index (χ3v) is 11.5. The van der Waals surface area contributed by atoms with Crippen LogP contribution >= 0.6 is 23.5 Å². The van der Waals surface area contributed by atoms with E-state index in [2.05, 4.69) is 139 Å². The molecule has 0 radical (unpaired) electrons. The van der Waals surface area contributed by atoms with Gasteiger partial charge in [-0.2, -0.15) is 0 Å². The minimum absolute atomic E-state index is 0.0825. The molecule has 0 spiro atoms. The van der Waals surface area contributed by atoms with Crippen molar-refractivity contribution in [1.29, 1.82) is 0 Å². The molecule has 6 aromatic rings. The Morgan fingerprint density at radius 2 is 0.720 bits per heavy atom. The SMILES string of the molecule is CC(C)(C)c1cc(-c2ccccc2)c(O)c(-c2ccccc2SCCSc2ccccc2-c2cc(C(C)(C)C)cc(-c3ccccc3)c2O)c1. The van der Waals surface area contributed by atoms with Crippen LogP contribution < -0.4 is 0 Å². The lowest BCUT2D eigenvalue weighted by Crippen LogP contribution is -2.11. The van der Waals surface area contributed by atoms with Gasteiger partial charge in [-0.05, 0) is 80.6 Å². The zero-order valence-electron chi connectivity index (χ0n) is 29.8. The molecule has 0 amide bonds. The Hall–Kier alpha value is -4.38. The summed E-state index contributed by atoms with van der Waals surface area (Å²) in [5.74, 6) is 2.38. The van der Waals surface area contributed by atoms with E-state index in [0.717, 1.165) is 65.8 Å². The zero-order valence-corrected chi connectivity index (χ0v) is 31.5. The van der Waals surface area contributed by atoms with Gasteiger partial charge in [0, 0.05) is 43.6 Å². The maximum atomic E-state index is 11.7. The van der Waals surface area contributed by atoms with E-state index in [9.17, 15) is 10.2 Å². The average molecular weight is 695 g/mol. The Bertz CT molecular complexity index is 1940. The van der Waals surface area contributed by atoms with Gasteiger partial charge in [0.05, 0.1) is 0 Å². The Balaban J connectivity index is 1.28. The van der Waals surface area contributed by atoms with Gasteiger partial charge < -0.3 is 10.2 Å². The smallest absolute Gasteiger partial charge is 0.131 e. The van der Waals surface area contributed by atoms with Crippen LogP contribution in [0.3, 0.4) is 0 Å². The Kier molecular flexibility index (Phi) is 10.5. The van der Waals surface area contributed by atoms with E-state index in [-0.39, 0.29) is 10.8 Å². The molecule has 0 aromatic heterocycles. The molecule has 0 aliphatic rings. The second-order valence-electron chi connectivity index (χ2n) is 14.8. The number of hydrogen-bond donors (Lipinski definition) is 2. The van der Waals surface area contributed by atoms with Crippen molar-refractivity contribution >= 4 is 23.5 Å². The van der Waals surface area contributed by atoms with Gasteiger partial charge >= 0.3 is 0 Å². The number of phenols is 2. The molecule has 2 N–H and O–H groups in total. The van der Waals surface area contributed by atoms with Crippen molar-refractivity contribution < 1.29 is 10.2 Å². The van der Waals surface area contributed by atoms with E-state index in [1.165, 1.54) is 11.1 Å². The second kappa shape index (κ2) is 14.8. The molecule has 0 bridgehead atoms. The molecule has 254 valence electrons. The van der Waals surface area contributed by atoms with E-state index >= 15 is 0 Å². The summed E-state index contributed by atoms with van der Waals surface area (Å²) in [5.41, 5.74) is 9.74. The largest absolute Gasteiger partial charge is 0.507 e. The first-order chi connectivity index (χ1) is 23.9. The Labute approximate surface area is 306 Å². The summed E-state index contributed by atoms with van der Waals surface area (Å²) in [6.45, 7) is 13.3.